The zero-order chi connectivity index (χ0) is 16.4. The lowest BCUT2D eigenvalue weighted by Gasteiger charge is -2.29. The van der Waals surface area contributed by atoms with Gasteiger partial charge < -0.3 is 10.0 Å². The SMILES string of the molecule is CN(C(=O)Cc1ccccc1O)[C@H](c1ccc(F)cc1)C1CC1. The maximum Gasteiger partial charge on any atom is 0.227 e. The molecule has 0 bridgehead atoms. The number of nitrogens with zero attached hydrogens (tertiary/aromatic N) is 1. The third-order valence-corrected chi connectivity index (χ3v) is 4.42. The fourth-order valence-electron chi connectivity index (χ4n) is 2.99. The second kappa shape index (κ2) is 6.41. The van der Waals surface area contributed by atoms with E-state index < -0.39 is 0 Å². The summed E-state index contributed by atoms with van der Waals surface area (Å²) in [6.07, 6.45) is 2.32. The minimum absolute atomic E-state index is 0.0334. The Morgan fingerprint density at radius 3 is 2.48 bits per heavy atom. The Bertz CT molecular complexity index is 695. The average Bonchev–Trinajstić information content (AvgIpc) is 3.36. The third-order valence-electron chi connectivity index (χ3n) is 4.42. The molecule has 3 rings (SSSR count). The standard InChI is InChI=1S/C19H20FNO2/c1-21(18(23)12-15-4-2-3-5-17(15)22)19(13-6-7-13)14-8-10-16(20)11-9-14/h2-5,8-11,13,19,22H,6-7,12H2,1H3/t19-/m0/s1. The summed E-state index contributed by atoms with van der Waals surface area (Å²) < 4.78 is 13.2. The van der Waals surface area contributed by atoms with Crippen molar-refractivity contribution in [3.8, 4) is 5.75 Å². The summed E-state index contributed by atoms with van der Waals surface area (Å²) in [6, 6.07) is 13.2. The van der Waals surface area contributed by atoms with Crippen molar-refractivity contribution in [2.75, 3.05) is 7.05 Å². The third kappa shape index (κ3) is 3.52. The molecule has 120 valence electrons. The van der Waals surface area contributed by atoms with Crippen molar-refractivity contribution < 1.29 is 14.3 Å². The van der Waals surface area contributed by atoms with Gasteiger partial charge in [-0.15, -0.1) is 0 Å². The van der Waals surface area contributed by atoms with Gasteiger partial charge in [0.2, 0.25) is 5.91 Å². The van der Waals surface area contributed by atoms with Crippen LogP contribution in [0.25, 0.3) is 0 Å². The molecule has 23 heavy (non-hydrogen) atoms. The van der Waals surface area contributed by atoms with Gasteiger partial charge >= 0.3 is 0 Å². The average molecular weight is 313 g/mol. The van der Waals surface area contributed by atoms with Crippen LogP contribution in [0.2, 0.25) is 0 Å². The molecule has 1 N–H and O–H groups in total. The molecule has 4 heteroatoms. The first kappa shape index (κ1) is 15.5. The highest BCUT2D eigenvalue weighted by Gasteiger charge is 2.36. The maximum atomic E-state index is 13.2. The van der Waals surface area contributed by atoms with E-state index in [0.717, 1.165) is 18.4 Å². The van der Waals surface area contributed by atoms with Crippen LogP contribution in [0.15, 0.2) is 48.5 Å². The summed E-state index contributed by atoms with van der Waals surface area (Å²) in [5.41, 5.74) is 1.58. The molecule has 0 saturated heterocycles. The van der Waals surface area contributed by atoms with E-state index in [9.17, 15) is 14.3 Å². The number of para-hydroxylation sites is 1. The van der Waals surface area contributed by atoms with Gasteiger partial charge in [-0.3, -0.25) is 4.79 Å². The van der Waals surface area contributed by atoms with E-state index in [4.69, 9.17) is 0 Å². The maximum absolute atomic E-state index is 13.2. The molecular weight excluding hydrogens is 293 g/mol. The van der Waals surface area contributed by atoms with E-state index in [1.807, 2.05) is 0 Å². The minimum Gasteiger partial charge on any atom is -0.508 e. The Labute approximate surface area is 135 Å². The molecule has 2 aromatic rings. The van der Waals surface area contributed by atoms with Crippen molar-refractivity contribution in [3.05, 3.63) is 65.5 Å². The lowest BCUT2D eigenvalue weighted by molar-refractivity contribution is -0.131. The second-order valence-electron chi connectivity index (χ2n) is 6.14. The summed E-state index contributed by atoms with van der Waals surface area (Å²) in [5, 5.41) is 9.84. The first-order chi connectivity index (χ1) is 11.1. The van der Waals surface area contributed by atoms with Gasteiger partial charge in [-0.05, 0) is 42.5 Å². The number of carbonyl (C=O) groups excluding carboxylic acids is 1. The van der Waals surface area contributed by atoms with E-state index in [-0.39, 0.29) is 29.9 Å². The molecule has 1 fully saturated rings. The molecule has 0 aliphatic heterocycles. The number of hydrogen-bond acceptors (Lipinski definition) is 2. The normalized spacial score (nSPS) is 15.2. The molecule has 0 radical (unpaired) electrons. The van der Waals surface area contributed by atoms with Crippen molar-refractivity contribution in [1.29, 1.82) is 0 Å². The van der Waals surface area contributed by atoms with E-state index in [1.165, 1.54) is 12.1 Å². The predicted molar refractivity (Wildman–Crippen MR) is 86.4 cm³/mol. The van der Waals surface area contributed by atoms with Gasteiger partial charge in [0, 0.05) is 12.6 Å². The van der Waals surface area contributed by atoms with Crippen LogP contribution in [-0.4, -0.2) is 23.0 Å². The number of amides is 1. The zero-order valence-corrected chi connectivity index (χ0v) is 13.1. The van der Waals surface area contributed by atoms with Crippen LogP contribution in [0.3, 0.4) is 0 Å². The Balaban J connectivity index is 1.78. The predicted octanol–water partition coefficient (Wildman–Crippen LogP) is 3.68. The lowest BCUT2D eigenvalue weighted by Crippen LogP contribution is -2.33. The number of rotatable bonds is 5. The summed E-state index contributed by atoms with van der Waals surface area (Å²) in [4.78, 5) is 14.4. The Kier molecular flexibility index (Phi) is 4.33. The highest BCUT2D eigenvalue weighted by molar-refractivity contribution is 5.79. The fraction of sp³-hybridized carbons (Fsp3) is 0.316. The number of aromatic hydroxyl groups is 1. The van der Waals surface area contributed by atoms with Gasteiger partial charge in [0.25, 0.3) is 0 Å². The quantitative estimate of drug-likeness (QED) is 0.914. The van der Waals surface area contributed by atoms with Crippen molar-refractivity contribution >= 4 is 5.91 Å². The first-order valence-electron chi connectivity index (χ1n) is 7.84. The summed E-state index contributed by atoms with van der Waals surface area (Å²) in [7, 11) is 1.79. The number of phenolic OH excluding ortho intramolecular Hbond substituents is 1. The van der Waals surface area contributed by atoms with Crippen LogP contribution in [0, 0.1) is 11.7 Å². The van der Waals surface area contributed by atoms with Gasteiger partial charge in [-0.1, -0.05) is 30.3 Å². The number of carbonyl (C=O) groups is 1. The monoisotopic (exact) mass is 313 g/mol. The molecule has 2 aromatic carbocycles. The fourth-order valence-corrected chi connectivity index (χ4v) is 2.99. The highest BCUT2D eigenvalue weighted by Crippen LogP contribution is 2.44. The molecule has 0 spiro atoms. The highest BCUT2D eigenvalue weighted by atomic mass is 19.1. The molecule has 3 nitrogen and oxygen atoms in total. The molecule has 1 aliphatic rings. The molecule has 0 unspecified atom stereocenters. The van der Waals surface area contributed by atoms with Crippen LogP contribution in [0.5, 0.6) is 5.75 Å². The number of hydrogen-bond donors (Lipinski definition) is 1. The molecule has 1 amide bonds. The van der Waals surface area contributed by atoms with Gasteiger partial charge in [0.05, 0.1) is 12.5 Å². The number of likely N-dealkylation sites (N-methyl/N-ethyl adjacent to an activating group) is 1. The molecule has 1 atom stereocenters. The number of halogens is 1. The van der Waals surface area contributed by atoms with Crippen LogP contribution >= 0.6 is 0 Å². The molecular formula is C19H20FNO2. The molecule has 1 aliphatic carbocycles. The first-order valence-corrected chi connectivity index (χ1v) is 7.84. The van der Waals surface area contributed by atoms with Crippen LogP contribution < -0.4 is 0 Å². The largest absolute Gasteiger partial charge is 0.508 e. The van der Waals surface area contributed by atoms with Crippen LogP contribution in [0.1, 0.15) is 30.0 Å². The molecule has 0 aromatic heterocycles. The van der Waals surface area contributed by atoms with Crippen molar-refractivity contribution in [3.63, 3.8) is 0 Å². The Hall–Kier alpha value is -2.36. The Morgan fingerprint density at radius 2 is 1.87 bits per heavy atom. The Morgan fingerprint density at radius 1 is 1.22 bits per heavy atom. The van der Waals surface area contributed by atoms with Crippen LogP contribution in [0.4, 0.5) is 4.39 Å². The van der Waals surface area contributed by atoms with E-state index >= 15 is 0 Å². The summed E-state index contributed by atoms with van der Waals surface area (Å²) >= 11 is 0. The van der Waals surface area contributed by atoms with Crippen LogP contribution in [-0.2, 0) is 11.2 Å². The van der Waals surface area contributed by atoms with Gasteiger partial charge in [-0.2, -0.15) is 0 Å². The summed E-state index contributed by atoms with van der Waals surface area (Å²) in [5.74, 6) is 0.247. The molecule has 0 heterocycles. The van der Waals surface area contributed by atoms with Crippen molar-refractivity contribution in [2.24, 2.45) is 5.92 Å². The summed E-state index contributed by atoms with van der Waals surface area (Å²) in [6.45, 7) is 0. The van der Waals surface area contributed by atoms with E-state index in [2.05, 4.69) is 0 Å². The lowest BCUT2D eigenvalue weighted by atomic mass is 10.00. The smallest absolute Gasteiger partial charge is 0.227 e. The van der Waals surface area contributed by atoms with Crippen molar-refractivity contribution in [2.45, 2.75) is 25.3 Å². The molecule has 1 saturated carbocycles. The van der Waals surface area contributed by atoms with E-state index in [1.54, 1.807) is 48.3 Å². The van der Waals surface area contributed by atoms with Gasteiger partial charge in [0.15, 0.2) is 0 Å². The van der Waals surface area contributed by atoms with Gasteiger partial charge in [-0.25, -0.2) is 4.39 Å². The number of phenols is 1. The zero-order valence-electron chi connectivity index (χ0n) is 13.1. The topological polar surface area (TPSA) is 40.5 Å². The van der Waals surface area contributed by atoms with Crippen molar-refractivity contribution in [1.82, 2.24) is 4.90 Å². The van der Waals surface area contributed by atoms with Gasteiger partial charge in [0.1, 0.15) is 11.6 Å². The second-order valence-corrected chi connectivity index (χ2v) is 6.14. The minimum atomic E-state index is -0.272. The van der Waals surface area contributed by atoms with E-state index in [0.29, 0.717) is 11.5 Å². The number of benzene rings is 2.